The van der Waals surface area contributed by atoms with Crippen molar-refractivity contribution in [2.75, 3.05) is 44.2 Å². The zero-order valence-electron chi connectivity index (χ0n) is 24.4. The maximum absolute atomic E-state index is 10.5. The average Bonchev–Trinajstić information content (AvgIpc) is 3.84. The van der Waals surface area contributed by atoms with Crippen LogP contribution in [0.15, 0.2) is 60.7 Å². The second-order valence-corrected chi connectivity index (χ2v) is 12.5. The molecule has 0 spiro atoms. The van der Waals surface area contributed by atoms with Crippen LogP contribution >= 0.6 is 0 Å². The van der Waals surface area contributed by atoms with Gasteiger partial charge in [0.2, 0.25) is 0 Å². The molecule has 3 aromatic rings. The third-order valence-electron chi connectivity index (χ3n) is 9.36. The summed E-state index contributed by atoms with van der Waals surface area (Å²) in [5.41, 5.74) is 6.46. The van der Waals surface area contributed by atoms with Gasteiger partial charge in [0.1, 0.15) is 23.9 Å². The molecule has 0 radical (unpaired) electrons. The molecule has 1 aliphatic heterocycles. The lowest BCUT2D eigenvalue weighted by atomic mass is 9.79. The molecule has 3 aromatic carbocycles. The van der Waals surface area contributed by atoms with Gasteiger partial charge in [-0.1, -0.05) is 37.1 Å². The molecule has 1 atom stereocenters. The van der Waals surface area contributed by atoms with Crippen molar-refractivity contribution < 1.29 is 14.9 Å². The van der Waals surface area contributed by atoms with Crippen molar-refractivity contribution >= 4 is 5.69 Å². The summed E-state index contributed by atoms with van der Waals surface area (Å²) in [5, 5.41) is 20.5. The minimum Gasteiger partial charge on any atom is -0.508 e. The molecule has 5 heteroatoms. The number of nitrogens with zero attached hydrogens (tertiary/aromatic N) is 2. The molecule has 2 N–H and O–H groups in total. The van der Waals surface area contributed by atoms with Crippen LogP contribution in [0, 0.1) is 5.92 Å². The van der Waals surface area contributed by atoms with Crippen molar-refractivity contribution in [3.05, 3.63) is 82.9 Å². The molecular weight excluding hydrogens is 508 g/mol. The van der Waals surface area contributed by atoms with Crippen molar-refractivity contribution in [1.82, 2.24) is 4.90 Å². The summed E-state index contributed by atoms with van der Waals surface area (Å²) in [6, 6.07) is 20.5. The lowest BCUT2D eigenvalue weighted by molar-refractivity contribution is 0.214. The van der Waals surface area contributed by atoms with Crippen LogP contribution in [0.2, 0.25) is 0 Å². The molecule has 1 saturated heterocycles. The number of rotatable bonds is 11. The summed E-state index contributed by atoms with van der Waals surface area (Å²) >= 11 is 0. The highest BCUT2D eigenvalue weighted by atomic mass is 16.5. The topological polar surface area (TPSA) is 56.2 Å². The highest BCUT2D eigenvalue weighted by Crippen LogP contribution is 2.41. The van der Waals surface area contributed by atoms with Gasteiger partial charge in [-0.15, -0.1) is 0 Å². The van der Waals surface area contributed by atoms with Gasteiger partial charge in [-0.3, -0.25) is 4.90 Å². The Labute approximate surface area is 245 Å². The zero-order chi connectivity index (χ0) is 28.0. The van der Waals surface area contributed by atoms with E-state index in [4.69, 9.17) is 4.74 Å². The van der Waals surface area contributed by atoms with Crippen LogP contribution in [-0.2, 0) is 19.3 Å². The monoisotopic (exact) mass is 554 g/mol. The van der Waals surface area contributed by atoms with Crippen LogP contribution in [0.3, 0.4) is 0 Å². The second kappa shape index (κ2) is 13.2. The Morgan fingerprint density at radius 1 is 0.805 bits per heavy atom. The van der Waals surface area contributed by atoms with E-state index in [0.717, 1.165) is 63.6 Å². The fraction of sp³-hybridized carbons (Fsp3) is 0.500. The van der Waals surface area contributed by atoms with Crippen LogP contribution in [-0.4, -0.2) is 54.4 Å². The number of fused-ring (bicyclic) bond motifs is 1. The van der Waals surface area contributed by atoms with E-state index in [2.05, 4.69) is 46.2 Å². The van der Waals surface area contributed by atoms with Gasteiger partial charge in [-0.2, -0.15) is 0 Å². The largest absolute Gasteiger partial charge is 0.508 e. The van der Waals surface area contributed by atoms with Gasteiger partial charge in [-0.05, 0) is 129 Å². The number of likely N-dealkylation sites (tertiary alicyclic amines) is 1. The summed E-state index contributed by atoms with van der Waals surface area (Å²) < 4.78 is 6.09. The minimum absolute atomic E-state index is 0.340. The fourth-order valence-corrected chi connectivity index (χ4v) is 6.75. The number of phenolic OH excluding ortho intramolecular Hbond substituents is 2. The Morgan fingerprint density at radius 2 is 1.56 bits per heavy atom. The maximum atomic E-state index is 10.5. The summed E-state index contributed by atoms with van der Waals surface area (Å²) in [6.07, 6.45) is 11.9. The van der Waals surface area contributed by atoms with Crippen molar-refractivity contribution in [3.63, 3.8) is 0 Å². The van der Waals surface area contributed by atoms with E-state index in [1.54, 1.807) is 0 Å². The van der Waals surface area contributed by atoms with E-state index in [0.29, 0.717) is 17.4 Å². The predicted molar refractivity (Wildman–Crippen MR) is 166 cm³/mol. The molecule has 0 amide bonds. The standard InChI is InChI=1S/C36H46N2O3/c39-32-12-11-29-23-31(10-9-30(29)24-32)35-16-13-33(40)25-36(35)38(26-28-5-6-28)20-17-27-7-14-34(15-8-27)41-22-21-37-18-3-1-2-4-19-37/h7-8,11-16,24-25,28,31,39-40H,1-6,9-10,17-23,26H2. The smallest absolute Gasteiger partial charge is 0.119 e. The van der Waals surface area contributed by atoms with Gasteiger partial charge >= 0.3 is 0 Å². The number of benzene rings is 3. The van der Waals surface area contributed by atoms with Gasteiger partial charge < -0.3 is 19.8 Å². The molecule has 0 aromatic heterocycles. The number of phenols is 2. The molecular formula is C36H46N2O3. The van der Waals surface area contributed by atoms with Gasteiger partial charge in [-0.25, -0.2) is 0 Å². The zero-order valence-corrected chi connectivity index (χ0v) is 24.4. The van der Waals surface area contributed by atoms with E-state index in [9.17, 15) is 10.2 Å². The maximum Gasteiger partial charge on any atom is 0.119 e. The first kappa shape index (κ1) is 28.0. The van der Waals surface area contributed by atoms with Crippen molar-refractivity contribution in [2.24, 2.45) is 5.92 Å². The number of aromatic hydroxyl groups is 2. The third-order valence-corrected chi connectivity index (χ3v) is 9.36. The van der Waals surface area contributed by atoms with Crippen molar-refractivity contribution in [2.45, 2.75) is 70.1 Å². The molecule has 1 unspecified atom stereocenters. The Morgan fingerprint density at radius 3 is 2.34 bits per heavy atom. The molecule has 3 aliphatic rings. The number of anilines is 1. The summed E-state index contributed by atoms with van der Waals surface area (Å²) in [7, 11) is 0. The van der Waals surface area contributed by atoms with Crippen molar-refractivity contribution in [1.29, 1.82) is 0 Å². The van der Waals surface area contributed by atoms with E-state index in [1.807, 2.05) is 24.3 Å². The molecule has 1 heterocycles. The number of ether oxygens (including phenoxy) is 1. The Kier molecular flexibility index (Phi) is 9.00. The Balaban J connectivity index is 1.10. The number of hydrogen-bond donors (Lipinski definition) is 2. The van der Waals surface area contributed by atoms with Crippen molar-refractivity contribution in [3.8, 4) is 17.2 Å². The Bertz CT molecular complexity index is 1280. The fourth-order valence-electron chi connectivity index (χ4n) is 6.75. The van der Waals surface area contributed by atoms with Gasteiger partial charge in [0, 0.05) is 31.4 Å². The SMILES string of the molecule is Oc1ccc2c(c1)CCC(c1ccc(O)cc1N(CCc1ccc(OCCN3CCCCCC3)cc1)CC1CC1)C2. The molecule has 0 bridgehead atoms. The Hall–Kier alpha value is -3.18. The van der Waals surface area contributed by atoms with E-state index in [-0.39, 0.29) is 0 Å². The molecule has 41 heavy (non-hydrogen) atoms. The van der Waals surface area contributed by atoms with E-state index < -0.39 is 0 Å². The number of hydrogen-bond acceptors (Lipinski definition) is 5. The molecule has 5 nitrogen and oxygen atoms in total. The normalized spacial score (nSPS) is 19.4. The van der Waals surface area contributed by atoms with E-state index in [1.165, 1.54) is 79.6 Å². The lowest BCUT2D eigenvalue weighted by Crippen LogP contribution is -2.30. The molecule has 1 saturated carbocycles. The first-order valence-electron chi connectivity index (χ1n) is 15.9. The van der Waals surface area contributed by atoms with Crippen LogP contribution < -0.4 is 9.64 Å². The average molecular weight is 555 g/mol. The third kappa shape index (κ3) is 7.56. The van der Waals surface area contributed by atoms with E-state index >= 15 is 0 Å². The molecule has 218 valence electrons. The van der Waals surface area contributed by atoms with Gasteiger partial charge in [0.25, 0.3) is 0 Å². The highest BCUT2D eigenvalue weighted by Gasteiger charge is 2.28. The van der Waals surface area contributed by atoms with Crippen LogP contribution in [0.1, 0.15) is 73.1 Å². The van der Waals surface area contributed by atoms with Crippen LogP contribution in [0.5, 0.6) is 17.2 Å². The summed E-state index contributed by atoms with van der Waals surface area (Å²) in [4.78, 5) is 5.08. The highest BCUT2D eigenvalue weighted by molar-refractivity contribution is 5.59. The first-order valence-corrected chi connectivity index (χ1v) is 15.9. The number of aryl methyl sites for hydroxylation is 1. The molecule has 2 fully saturated rings. The van der Waals surface area contributed by atoms with Gasteiger partial charge in [0.05, 0.1) is 0 Å². The van der Waals surface area contributed by atoms with Crippen LogP contribution in [0.4, 0.5) is 5.69 Å². The van der Waals surface area contributed by atoms with Gasteiger partial charge in [0.15, 0.2) is 0 Å². The molecule has 2 aliphatic carbocycles. The summed E-state index contributed by atoms with van der Waals surface area (Å²) in [6.45, 7) is 6.16. The predicted octanol–water partition coefficient (Wildman–Crippen LogP) is 7.08. The second-order valence-electron chi connectivity index (χ2n) is 12.5. The first-order chi connectivity index (χ1) is 20.1. The van der Waals surface area contributed by atoms with Crippen LogP contribution in [0.25, 0.3) is 0 Å². The lowest BCUT2D eigenvalue weighted by Gasteiger charge is -2.32. The quantitative estimate of drug-likeness (QED) is 0.265. The molecule has 6 rings (SSSR count). The minimum atomic E-state index is 0.340. The summed E-state index contributed by atoms with van der Waals surface area (Å²) in [5.74, 6) is 2.82.